The maximum Gasteiger partial charge on any atom is 0.356 e. The molecular weight excluding hydrogens is 410 g/mol. The van der Waals surface area contributed by atoms with Crippen LogP contribution in [0, 0.1) is 0 Å². The van der Waals surface area contributed by atoms with Crippen LogP contribution in [-0.4, -0.2) is 30.0 Å². The van der Waals surface area contributed by atoms with Gasteiger partial charge in [-0.1, -0.05) is 51.1 Å². The van der Waals surface area contributed by atoms with Gasteiger partial charge >= 0.3 is 5.97 Å². The lowest BCUT2D eigenvalue weighted by Gasteiger charge is -2.19. The van der Waals surface area contributed by atoms with Gasteiger partial charge in [-0.05, 0) is 40.3 Å². The average molecular weight is 437 g/mol. The SMILES string of the molecule is COc1cc(/C=C/C(=O)ON2C(=O)CCC2=O)ccc1OCc1ccc(C(C)(C)C)cc1. The molecule has 1 aliphatic rings. The highest BCUT2D eigenvalue weighted by Crippen LogP contribution is 2.30. The molecule has 3 rings (SSSR count). The van der Waals surface area contributed by atoms with E-state index in [-0.39, 0.29) is 18.3 Å². The van der Waals surface area contributed by atoms with Gasteiger partial charge < -0.3 is 14.3 Å². The van der Waals surface area contributed by atoms with Crippen molar-refractivity contribution < 1.29 is 28.7 Å². The summed E-state index contributed by atoms with van der Waals surface area (Å²) >= 11 is 0. The first kappa shape index (κ1) is 23.1. The minimum Gasteiger partial charge on any atom is -0.493 e. The zero-order valence-corrected chi connectivity index (χ0v) is 18.7. The lowest BCUT2D eigenvalue weighted by molar-refractivity contribution is -0.193. The van der Waals surface area contributed by atoms with Gasteiger partial charge in [-0.3, -0.25) is 9.59 Å². The number of carbonyl (C=O) groups excluding carboxylic acids is 3. The summed E-state index contributed by atoms with van der Waals surface area (Å²) in [7, 11) is 1.53. The third-order valence-corrected chi connectivity index (χ3v) is 5.00. The molecule has 1 aliphatic heterocycles. The Morgan fingerprint density at radius 3 is 2.25 bits per heavy atom. The van der Waals surface area contributed by atoms with E-state index in [0.29, 0.717) is 28.7 Å². The van der Waals surface area contributed by atoms with Crippen LogP contribution in [0.4, 0.5) is 0 Å². The lowest BCUT2D eigenvalue weighted by Crippen LogP contribution is -2.31. The summed E-state index contributed by atoms with van der Waals surface area (Å²) in [5.74, 6) is -0.773. The summed E-state index contributed by atoms with van der Waals surface area (Å²) in [5.41, 5.74) is 3.06. The van der Waals surface area contributed by atoms with Crippen molar-refractivity contribution in [3.63, 3.8) is 0 Å². The Morgan fingerprint density at radius 1 is 1.00 bits per heavy atom. The summed E-state index contributed by atoms with van der Waals surface area (Å²) in [6.45, 7) is 6.90. The van der Waals surface area contributed by atoms with Crippen molar-refractivity contribution in [1.82, 2.24) is 5.06 Å². The van der Waals surface area contributed by atoms with Gasteiger partial charge in [0.1, 0.15) is 6.61 Å². The minimum absolute atomic E-state index is 0.0508. The van der Waals surface area contributed by atoms with E-state index in [1.807, 2.05) is 12.1 Å². The van der Waals surface area contributed by atoms with Gasteiger partial charge in [-0.2, -0.15) is 0 Å². The third-order valence-electron chi connectivity index (χ3n) is 5.00. The molecule has 0 aliphatic carbocycles. The fourth-order valence-corrected chi connectivity index (χ4v) is 3.11. The molecule has 0 N–H and O–H groups in total. The van der Waals surface area contributed by atoms with Gasteiger partial charge in [0.25, 0.3) is 11.8 Å². The molecule has 32 heavy (non-hydrogen) atoms. The summed E-state index contributed by atoms with van der Waals surface area (Å²) in [6, 6.07) is 13.5. The quantitative estimate of drug-likeness (QED) is 0.477. The van der Waals surface area contributed by atoms with Gasteiger partial charge in [-0.15, -0.1) is 5.06 Å². The second kappa shape index (κ2) is 9.68. The zero-order valence-electron chi connectivity index (χ0n) is 18.7. The molecule has 0 atom stereocenters. The van der Waals surface area contributed by atoms with Crippen LogP contribution in [0.3, 0.4) is 0 Å². The molecule has 0 spiro atoms. The summed E-state index contributed by atoms with van der Waals surface area (Å²) in [4.78, 5) is 39.8. The van der Waals surface area contributed by atoms with Gasteiger partial charge in [0.2, 0.25) is 0 Å². The number of carbonyl (C=O) groups is 3. The normalized spacial score (nSPS) is 14.2. The number of hydrogen-bond acceptors (Lipinski definition) is 6. The molecule has 7 heteroatoms. The Hall–Kier alpha value is -3.61. The molecule has 2 amide bonds. The number of hydroxylamine groups is 2. The third kappa shape index (κ3) is 5.75. The predicted octanol–water partition coefficient (Wildman–Crippen LogP) is 4.19. The van der Waals surface area contributed by atoms with E-state index in [0.717, 1.165) is 11.6 Å². The molecule has 1 saturated heterocycles. The Morgan fingerprint density at radius 2 is 1.66 bits per heavy atom. The molecule has 0 aromatic heterocycles. The average Bonchev–Trinajstić information content (AvgIpc) is 3.08. The van der Waals surface area contributed by atoms with Crippen LogP contribution in [0.15, 0.2) is 48.5 Å². The van der Waals surface area contributed by atoms with Crippen LogP contribution >= 0.6 is 0 Å². The zero-order chi connectivity index (χ0) is 23.3. The van der Waals surface area contributed by atoms with Gasteiger partial charge in [0.15, 0.2) is 11.5 Å². The van der Waals surface area contributed by atoms with Gasteiger partial charge in [0, 0.05) is 18.9 Å². The van der Waals surface area contributed by atoms with Crippen LogP contribution in [0.1, 0.15) is 50.3 Å². The largest absolute Gasteiger partial charge is 0.493 e. The van der Waals surface area contributed by atoms with E-state index < -0.39 is 17.8 Å². The second-order valence-electron chi connectivity index (χ2n) is 8.47. The van der Waals surface area contributed by atoms with Crippen LogP contribution in [-0.2, 0) is 31.2 Å². The molecule has 2 aromatic rings. The van der Waals surface area contributed by atoms with Crippen LogP contribution in [0.5, 0.6) is 11.5 Å². The van der Waals surface area contributed by atoms with E-state index in [9.17, 15) is 14.4 Å². The fraction of sp³-hybridized carbons (Fsp3) is 0.320. The first-order chi connectivity index (χ1) is 15.2. The molecule has 168 valence electrons. The highest BCUT2D eigenvalue weighted by atomic mass is 16.7. The Bertz CT molecular complexity index is 1020. The van der Waals surface area contributed by atoms with Crippen molar-refractivity contribution >= 4 is 23.9 Å². The molecule has 1 heterocycles. The van der Waals surface area contributed by atoms with Crippen molar-refractivity contribution in [3.05, 3.63) is 65.2 Å². The molecule has 7 nitrogen and oxygen atoms in total. The van der Waals surface area contributed by atoms with E-state index in [1.54, 1.807) is 18.2 Å². The molecule has 0 unspecified atom stereocenters. The first-order valence-electron chi connectivity index (χ1n) is 10.3. The highest BCUT2D eigenvalue weighted by molar-refractivity contribution is 6.02. The molecule has 0 radical (unpaired) electrons. The highest BCUT2D eigenvalue weighted by Gasteiger charge is 2.32. The second-order valence-corrected chi connectivity index (χ2v) is 8.47. The van der Waals surface area contributed by atoms with E-state index in [2.05, 4.69) is 32.9 Å². The molecule has 0 saturated carbocycles. The number of hydrogen-bond donors (Lipinski definition) is 0. The van der Waals surface area contributed by atoms with E-state index in [4.69, 9.17) is 14.3 Å². The minimum atomic E-state index is -0.813. The van der Waals surface area contributed by atoms with Crippen LogP contribution < -0.4 is 9.47 Å². The smallest absolute Gasteiger partial charge is 0.356 e. The summed E-state index contributed by atoms with van der Waals surface area (Å²) in [5, 5.41) is 0.512. The molecule has 0 bridgehead atoms. The number of benzene rings is 2. The van der Waals surface area contributed by atoms with Crippen molar-refractivity contribution in [2.75, 3.05) is 7.11 Å². The first-order valence-corrected chi connectivity index (χ1v) is 10.3. The maximum absolute atomic E-state index is 11.9. The maximum atomic E-state index is 11.9. The van der Waals surface area contributed by atoms with Gasteiger partial charge in [0.05, 0.1) is 7.11 Å². The standard InChI is InChI=1S/C25H27NO6/c1-25(2,3)19-9-5-18(6-10-19)16-31-20-11-7-17(15-21(20)30-4)8-14-24(29)32-26-22(27)12-13-23(26)28/h5-11,14-15H,12-13,16H2,1-4H3/b14-8+. The number of ether oxygens (including phenoxy) is 2. The van der Waals surface area contributed by atoms with Crippen molar-refractivity contribution in [2.24, 2.45) is 0 Å². The fourth-order valence-electron chi connectivity index (χ4n) is 3.11. The predicted molar refractivity (Wildman–Crippen MR) is 119 cm³/mol. The number of methoxy groups -OCH3 is 1. The van der Waals surface area contributed by atoms with Crippen molar-refractivity contribution in [3.8, 4) is 11.5 Å². The number of rotatable bonds is 7. The van der Waals surface area contributed by atoms with Crippen LogP contribution in [0.25, 0.3) is 6.08 Å². The van der Waals surface area contributed by atoms with E-state index in [1.165, 1.54) is 18.7 Å². The molecule has 1 fully saturated rings. The lowest BCUT2D eigenvalue weighted by atomic mass is 9.87. The topological polar surface area (TPSA) is 82.1 Å². The summed E-state index contributed by atoms with van der Waals surface area (Å²) < 4.78 is 11.3. The monoisotopic (exact) mass is 437 g/mol. The van der Waals surface area contributed by atoms with Crippen molar-refractivity contribution in [1.29, 1.82) is 0 Å². The Balaban J connectivity index is 1.61. The number of nitrogens with zero attached hydrogens (tertiary/aromatic N) is 1. The Kier molecular flexibility index (Phi) is 6.98. The Labute approximate surface area is 187 Å². The molecule has 2 aromatic carbocycles. The number of imide groups is 1. The molecular formula is C25H27NO6. The van der Waals surface area contributed by atoms with E-state index >= 15 is 0 Å². The van der Waals surface area contributed by atoms with Crippen LogP contribution in [0.2, 0.25) is 0 Å². The van der Waals surface area contributed by atoms with Crippen molar-refractivity contribution in [2.45, 2.75) is 45.6 Å². The van der Waals surface area contributed by atoms with Gasteiger partial charge in [-0.25, -0.2) is 4.79 Å². The number of amides is 2. The summed E-state index contributed by atoms with van der Waals surface area (Å²) in [6.07, 6.45) is 2.75.